The van der Waals surface area contributed by atoms with Crippen molar-refractivity contribution in [3.8, 4) is 5.75 Å². The van der Waals surface area contributed by atoms with Crippen molar-refractivity contribution in [3.63, 3.8) is 0 Å². The van der Waals surface area contributed by atoms with Gasteiger partial charge in [0.1, 0.15) is 10.1 Å². The number of ether oxygens (including phenoxy) is 1. The number of hydrogen-bond acceptors (Lipinski definition) is 4. The van der Waals surface area contributed by atoms with Crippen LogP contribution in [0.4, 0.5) is 0 Å². The van der Waals surface area contributed by atoms with Crippen LogP contribution >= 0.6 is 55.8 Å². The van der Waals surface area contributed by atoms with E-state index in [4.69, 9.17) is 17.0 Å². The van der Waals surface area contributed by atoms with Crippen LogP contribution in [0.3, 0.4) is 0 Å². The highest BCUT2D eigenvalue weighted by Crippen LogP contribution is 2.38. The highest BCUT2D eigenvalue weighted by molar-refractivity contribution is 9.11. The van der Waals surface area contributed by atoms with Crippen LogP contribution in [0, 0.1) is 5.92 Å². The van der Waals surface area contributed by atoms with Crippen LogP contribution in [0.5, 0.6) is 5.75 Å². The monoisotopic (exact) mass is 463 g/mol. The average molecular weight is 465 g/mol. The van der Waals surface area contributed by atoms with E-state index < -0.39 is 0 Å². The van der Waals surface area contributed by atoms with Gasteiger partial charge in [0.05, 0.1) is 16.5 Å². The summed E-state index contributed by atoms with van der Waals surface area (Å²) in [4.78, 5) is 14.8. The van der Waals surface area contributed by atoms with Crippen LogP contribution in [0.2, 0.25) is 0 Å². The third-order valence-electron chi connectivity index (χ3n) is 2.95. The molecule has 7 heteroatoms. The van der Waals surface area contributed by atoms with Crippen LogP contribution in [0.25, 0.3) is 6.08 Å². The van der Waals surface area contributed by atoms with Crippen LogP contribution < -0.4 is 4.74 Å². The summed E-state index contributed by atoms with van der Waals surface area (Å²) in [5.41, 5.74) is 0.828. The van der Waals surface area contributed by atoms with Gasteiger partial charge in [-0.3, -0.25) is 9.69 Å². The topological polar surface area (TPSA) is 29.5 Å². The van der Waals surface area contributed by atoms with Crippen molar-refractivity contribution in [3.05, 3.63) is 31.5 Å². The molecule has 0 aliphatic carbocycles. The van der Waals surface area contributed by atoms with E-state index >= 15 is 0 Å². The zero-order valence-corrected chi connectivity index (χ0v) is 17.2. The molecule has 1 aromatic rings. The van der Waals surface area contributed by atoms with E-state index in [0.717, 1.165) is 14.5 Å². The van der Waals surface area contributed by atoms with Crippen molar-refractivity contribution in [2.24, 2.45) is 5.92 Å². The van der Waals surface area contributed by atoms with Gasteiger partial charge in [-0.2, -0.15) is 0 Å². The molecule has 118 valence electrons. The molecule has 0 N–H and O–H groups in total. The molecule has 1 saturated heterocycles. The molecule has 22 heavy (non-hydrogen) atoms. The van der Waals surface area contributed by atoms with Gasteiger partial charge in [-0.25, -0.2) is 0 Å². The quantitative estimate of drug-likeness (QED) is 0.459. The summed E-state index contributed by atoms with van der Waals surface area (Å²) in [6, 6.07) is 3.82. The number of carbonyl (C=O) groups excluding carboxylic acids is 1. The zero-order valence-electron chi connectivity index (χ0n) is 12.4. The van der Waals surface area contributed by atoms with Gasteiger partial charge in [0.15, 0.2) is 0 Å². The molecule has 0 aromatic heterocycles. The van der Waals surface area contributed by atoms with Gasteiger partial charge in [-0.15, -0.1) is 0 Å². The first-order valence-corrected chi connectivity index (χ1v) is 9.43. The lowest BCUT2D eigenvalue weighted by Gasteiger charge is -2.16. The Morgan fingerprint density at radius 1 is 1.41 bits per heavy atom. The minimum Gasteiger partial charge on any atom is -0.495 e. The molecule has 0 unspecified atom stereocenters. The number of thiocarbonyl (C=S) groups is 1. The Morgan fingerprint density at radius 3 is 2.68 bits per heavy atom. The van der Waals surface area contributed by atoms with Gasteiger partial charge in [-0.05, 0) is 40.1 Å². The number of hydrogen-bond donors (Lipinski definition) is 0. The Bertz CT molecular complexity index is 659. The predicted molar refractivity (Wildman–Crippen MR) is 103 cm³/mol. The number of nitrogens with zero attached hydrogens (tertiary/aromatic N) is 1. The lowest BCUT2D eigenvalue weighted by Crippen LogP contribution is -2.31. The van der Waals surface area contributed by atoms with Crippen LogP contribution in [0.15, 0.2) is 26.0 Å². The molecule has 2 rings (SSSR count). The van der Waals surface area contributed by atoms with Gasteiger partial charge in [-0.1, -0.05) is 53.8 Å². The Morgan fingerprint density at radius 2 is 2.09 bits per heavy atom. The second-order valence-electron chi connectivity index (χ2n) is 5.20. The minimum absolute atomic E-state index is 0.0400. The lowest BCUT2D eigenvalue weighted by atomic mass is 10.1. The largest absolute Gasteiger partial charge is 0.495 e. The lowest BCUT2D eigenvalue weighted by molar-refractivity contribution is -0.122. The summed E-state index contributed by atoms with van der Waals surface area (Å²) in [6.07, 6.45) is 1.83. The molecule has 1 fully saturated rings. The molecular weight excluding hydrogens is 450 g/mol. The van der Waals surface area contributed by atoms with Crippen LogP contribution in [0.1, 0.15) is 19.4 Å². The normalized spacial score (nSPS) is 17.0. The first kappa shape index (κ1) is 18.0. The van der Waals surface area contributed by atoms with E-state index in [0.29, 0.717) is 27.4 Å². The molecule has 1 aromatic carbocycles. The number of benzene rings is 1. The fraction of sp³-hybridized carbons (Fsp3) is 0.333. The van der Waals surface area contributed by atoms with E-state index in [1.54, 1.807) is 12.0 Å². The smallest absolute Gasteiger partial charge is 0.266 e. The van der Waals surface area contributed by atoms with Gasteiger partial charge in [0.2, 0.25) is 0 Å². The summed E-state index contributed by atoms with van der Waals surface area (Å²) < 4.78 is 7.76. The number of methoxy groups -OCH3 is 1. The van der Waals surface area contributed by atoms with E-state index in [-0.39, 0.29) is 5.91 Å². The number of thioether (sulfide) groups is 1. The van der Waals surface area contributed by atoms with Crippen molar-refractivity contribution in [2.75, 3.05) is 13.7 Å². The van der Waals surface area contributed by atoms with Crippen molar-refractivity contribution in [1.29, 1.82) is 0 Å². The molecule has 1 amide bonds. The Kier molecular flexibility index (Phi) is 6.10. The summed E-state index contributed by atoms with van der Waals surface area (Å²) in [5.74, 6) is 1.02. The van der Waals surface area contributed by atoms with Crippen LogP contribution in [-0.4, -0.2) is 28.8 Å². The Balaban J connectivity index is 2.39. The first-order valence-electron chi connectivity index (χ1n) is 6.62. The Labute approximate surface area is 156 Å². The molecule has 0 spiro atoms. The third kappa shape index (κ3) is 3.93. The second kappa shape index (κ2) is 7.47. The number of rotatable bonds is 4. The summed E-state index contributed by atoms with van der Waals surface area (Å²) in [7, 11) is 1.61. The highest BCUT2D eigenvalue weighted by atomic mass is 79.9. The van der Waals surface area contributed by atoms with Gasteiger partial charge >= 0.3 is 0 Å². The van der Waals surface area contributed by atoms with E-state index in [1.165, 1.54) is 11.8 Å². The SMILES string of the molecule is COc1c(Br)cc(Br)cc1/C=C1\SC(=S)N(CC(C)C)C1=O. The summed E-state index contributed by atoms with van der Waals surface area (Å²) >= 11 is 13.6. The maximum Gasteiger partial charge on any atom is 0.266 e. The molecule has 0 saturated carbocycles. The average Bonchev–Trinajstić information content (AvgIpc) is 2.65. The molecule has 1 aliphatic rings. The molecule has 3 nitrogen and oxygen atoms in total. The fourth-order valence-electron chi connectivity index (χ4n) is 2.07. The summed E-state index contributed by atoms with van der Waals surface area (Å²) in [6.45, 7) is 4.77. The molecule has 1 heterocycles. The zero-order chi connectivity index (χ0) is 16.4. The highest BCUT2D eigenvalue weighted by Gasteiger charge is 2.32. The number of carbonyl (C=O) groups is 1. The van der Waals surface area contributed by atoms with E-state index in [1.807, 2.05) is 18.2 Å². The third-order valence-corrected chi connectivity index (χ3v) is 5.37. The first-order chi connectivity index (χ1) is 10.3. The molecule has 0 bridgehead atoms. The standard InChI is InChI=1S/C15H15Br2NO2S2/c1-8(2)7-18-14(19)12(22-15(18)21)5-9-4-10(16)6-11(17)13(9)20-3/h4-6,8H,7H2,1-3H3/b12-5-. The van der Waals surface area contributed by atoms with Crippen LogP contribution in [-0.2, 0) is 4.79 Å². The maximum absolute atomic E-state index is 12.5. The molecule has 1 aliphatic heterocycles. The second-order valence-corrected chi connectivity index (χ2v) is 8.64. The van der Waals surface area contributed by atoms with Crippen molar-refractivity contribution < 1.29 is 9.53 Å². The van der Waals surface area contributed by atoms with Gasteiger partial charge in [0, 0.05) is 16.6 Å². The van der Waals surface area contributed by atoms with Gasteiger partial charge in [0.25, 0.3) is 5.91 Å². The maximum atomic E-state index is 12.5. The summed E-state index contributed by atoms with van der Waals surface area (Å²) in [5, 5.41) is 0. The number of amides is 1. The van der Waals surface area contributed by atoms with Crippen molar-refractivity contribution in [2.45, 2.75) is 13.8 Å². The molecule has 0 radical (unpaired) electrons. The molecule has 0 atom stereocenters. The fourth-order valence-corrected chi connectivity index (χ4v) is 4.75. The van der Waals surface area contributed by atoms with Crippen molar-refractivity contribution >= 4 is 72.1 Å². The predicted octanol–water partition coefficient (Wildman–Crippen LogP) is 5.08. The minimum atomic E-state index is -0.0400. The number of halogens is 2. The molecular formula is C15H15Br2NO2S2. The van der Waals surface area contributed by atoms with E-state index in [2.05, 4.69) is 45.7 Å². The Hall–Kier alpha value is -0.370. The van der Waals surface area contributed by atoms with Crippen molar-refractivity contribution in [1.82, 2.24) is 4.90 Å². The van der Waals surface area contributed by atoms with E-state index in [9.17, 15) is 4.79 Å². The van der Waals surface area contributed by atoms with Gasteiger partial charge < -0.3 is 4.74 Å².